The molecule has 0 bridgehead atoms. The standard InChI is InChI=1S/C25H30N2O3.ClH/c1-18-7-3-6-10-23(18)27-13-11-26(12-14-27)16-20(28)17-30-25-19(2)15-24(29)21-8-4-5-9-22(21)25;/h3-10,15,20,28-29H,11-14,16-17H2,1-2H3;1H. The first-order chi connectivity index (χ1) is 14.5. The second-order valence-electron chi connectivity index (χ2n) is 8.13. The number of aryl methyl sites for hydroxylation is 2. The molecule has 1 aliphatic rings. The van der Waals surface area contributed by atoms with Crippen LogP contribution in [-0.2, 0) is 0 Å². The van der Waals surface area contributed by atoms with Crippen LogP contribution in [-0.4, -0.2) is 60.5 Å². The maximum Gasteiger partial charge on any atom is 0.130 e. The fourth-order valence-corrected chi connectivity index (χ4v) is 4.28. The van der Waals surface area contributed by atoms with E-state index in [1.54, 1.807) is 6.07 Å². The van der Waals surface area contributed by atoms with Gasteiger partial charge in [-0.3, -0.25) is 4.90 Å². The van der Waals surface area contributed by atoms with Gasteiger partial charge >= 0.3 is 0 Å². The normalized spacial score (nSPS) is 15.5. The first kappa shape index (κ1) is 23.2. The van der Waals surface area contributed by atoms with Crippen LogP contribution in [0.1, 0.15) is 11.1 Å². The third-order valence-electron chi connectivity index (χ3n) is 5.88. The molecule has 6 heteroatoms. The molecular formula is C25H31ClN2O3. The van der Waals surface area contributed by atoms with Crippen LogP contribution in [0.2, 0.25) is 0 Å². The number of fused-ring (bicyclic) bond motifs is 1. The number of hydrogen-bond donors (Lipinski definition) is 2. The van der Waals surface area contributed by atoms with Gasteiger partial charge in [0, 0.05) is 49.2 Å². The van der Waals surface area contributed by atoms with Crippen molar-refractivity contribution in [3.8, 4) is 11.5 Å². The van der Waals surface area contributed by atoms with Crippen LogP contribution in [0.5, 0.6) is 11.5 Å². The van der Waals surface area contributed by atoms with Gasteiger partial charge in [0.2, 0.25) is 0 Å². The number of benzene rings is 3. The second-order valence-corrected chi connectivity index (χ2v) is 8.13. The number of rotatable bonds is 6. The van der Waals surface area contributed by atoms with Gasteiger partial charge in [-0.15, -0.1) is 12.4 Å². The van der Waals surface area contributed by atoms with Gasteiger partial charge in [0.15, 0.2) is 0 Å². The summed E-state index contributed by atoms with van der Waals surface area (Å²) < 4.78 is 6.02. The summed E-state index contributed by atoms with van der Waals surface area (Å²) in [5.74, 6) is 0.981. The number of ether oxygens (including phenoxy) is 1. The molecule has 1 fully saturated rings. The van der Waals surface area contributed by atoms with Crippen molar-refractivity contribution in [3.63, 3.8) is 0 Å². The lowest BCUT2D eigenvalue weighted by molar-refractivity contribution is 0.0666. The minimum Gasteiger partial charge on any atom is -0.507 e. The average Bonchev–Trinajstić information content (AvgIpc) is 2.75. The summed E-state index contributed by atoms with van der Waals surface area (Å²) in [5, 5.41) is 22.4. The molecule has 0 aromatic heterocycles. The Morgan fingerprint density at radius 3 is 2.26 bits per heavy atom. The van der Waals surface area contributed by atoms with Gasteiger partial charge in [-0.25, -0.2) is 0 Å². The monoisotopic (exact) mass is 442 g/mol. The first-order valence-electron chi connectivity index (χ1n) is 10.6. The van der Waals surface area contributed by atoms with Crippen molar-refractivity contribution >= 4 is 28.9 Å². The van der Waals surface area contributed by atoms with Crippen LogP contribution in [0.4, 0.5) is 5.69 Å². The number of para-hydroxylation sites is 1. The predicted octanol–water partition coefficient (Wildman–Crippen LogP) is 4.15. The fourth-order valence-electron chi connectivity index (χ4n) is 4.28. The smallest absolute Gasteiger partial charge is 0.130 e. The Labute approximate surface area is 190 Å². The molecule has 4 rings (SSSR count). The Hall–Kier alpha value is -2.47. The van der Waals surface area contributed by atoms with E-state index in [-0.39, 0.29) is 24.8 Å². The predicted molar refractivity (Wildman–Crippen MR) is 129 cm³/mol. The number of phenolic OH excluding ortho intramolecular Hbond substituents is 1. The summed E-state index contributed by atoms with van der Waals surface area (Å²) >= 11 is 0. The van der Waals surface area contributed by atoms with Gasteiger partial charge in [-0.2, -0.15) is 0 Å². The van der Waals surface area contributed by atoms with E-state index in [1.807, 2.05) is 31.2 Å². The molecule has 1 atom stereocenters. The summed E-state index contributed by atoms with van der Waals surface area (Å²) in [6.07, 6.45) is -0.568. The highest BCUT2D eigenvalue weighted by Gasteiger charge is 2.21. The summed E-state index contributed by atoms with van der Waals surface area (Å²) in [4.78, 5) is 4.71. The minimum atomic E-state index is -0.568. The van der Waals surface area contributed by atoms with Crippen LogP contribution in [0.15, 0.2) is 54.6 Å². The van der Waals surface area contributed by atoms with Crippen molar-refractivity contribution in [1.29, 1.82) is 0 Å². The number of aromatic hydroxyl groups is 1. The van der Waals surface area contributed by atoms with Gasteiger partial charge in [-0.1, -0.05) is 42.5 Å². The summed E-state index contributed by atoms with van der Waals surface area (Å²) in [5.41, 5.74) is 3.47. The topological polar surface area (TPSA) is 56.2 Å². The van der Waals surface area contributed by atoms with Crippen molar-refractivity contribution in [2.24, 2.45) is 0 Å². The Bertz CT molecular complexity index is 1020. The lowest BCUT2D eigenvalue weighted by Gasteiger charge is -2.37. The van der Waals surface area contributed by atoms with E-state index < -0.39 is 6.10 Å². The number of aliphatic hydroxyl groups excluding tert-OH is 1. The lowest BCUT2D eigenvalue weighted by atomic mass is 10.0. The molecule has 31 heavy (non-hydrogen) atoms. The van der Waals surface area contributed by atoms with Gasteiger partial charge < -0.3 is 19.8 Å². The number of hydrogen-bond acceptors (Lipinski definition) is 5. The zero-order valence-electron chi connectivity index (χ0n) is 18.1. The Morgan fingerprint density at radius 2 is 1.55 bits per heavy atom. The van der Waals surface area contributed by atoms with Crippen LogP contribution < -0.4 is 9.64 Å². The van der Waals surface area contributed by atoms with Crippen LogP contribution in [0.25, 0.3) is 10.8 Å². The minimum absolute atomic E-state index is 0. The molecule has 0 radical (unpaired) electrons. The largest absolute Gasteiger partial charge is 0.507 e. The highest BCUT2D eigenvalue weighted by Crippen LogP contribution is 2.35. The molecule has 1 heterocycles. The van der Waals surface area contributed by atoms with E-state index in [2.05, 4.69) is 41.0 Å². The van der Waals surface area contributed by atoms with Crippen molar-refractivity contribution in [2.45, 2.75) is 20.0 Å². The second kappa shape index (κ2) is 10.2. The molecule has 0 spiro atoms. The molecule has 2 N–H and O–H groups in total. The highest BCUT2D eigenvalue weighted by molar-refractivity contribution is 5.94. The Kier molecular flexibility index (Phi) is 7.65. The lowest BCUT2D eigenvalue weighted by Crippen LogP contribution is -2.49. The zero-order chi connectivity index (χ0) is 21.1. The Morgan fingerprint density at radius 1 is 0.903 bits per heavy atom. The van der Waals surface area contributed by atoms with E-state index in [1.165, 1.54) is 11.3 Å². The summed E-state index contributed by atoms with van der Waals surface area (Å²) in [7, 11) is 0. The van der Waals surface area contributed by atoms with Gasteiger partial charge in [0.1, 0.15) is 24.2 Å². The van der Waals surface area contributed by atoms with Crippen LogP contribution in [0.3, 0.4) is 0 Å². The number of anilines is 1. The quantitative estimate of drug-likeness (QED) is 0.600. The van der Waals surface area contributed by atoms with Crippen molar-refractivity contribution in [1.82, 2.24) is 4.90 Å². The molecule has 1 saturated heterocycles. The summed E-state index contributed by atoms with van der Waals surface area (Å²) in [6, 6.07) is 17.8. The number of halogens is 1. The molecule has 3 aromatic rings. The Balaban J connectivity index is 0.00000272. The molecular weight excluding hydrogens is 412 g/mol. The summed E-state index contributed by atoms with van der Waals surface area (Å²) in [6.45, 7) is 8.65. The third-order valence-corrected chi connectivity index (χ3v) is 5.88. The van der Waals surface area contributed by atoms with E-state index in [9.17, 15) is 10.2 Å². The van der Waals surface area contributed by atoms with E-state index in [4.69, 9.17) is 4.74 Å². The number of aliphatic hydroxyl groups is 1. The number of nitrogens with zero attached hydrogens (tertiary/aromatic N) is 2. The van der Waals surface area contributed by atoms with E-state index in [0.29, 0.717) is 6.54 Å². The molecule has 0 aliphatic carbocycles. The zero-order valence-corrected chi connectivity index (χ0v) is 18.9. The van der Waals surface area contributed by atoms with Crippen molar-refractivity contribution in [3.05, 3.63) is 65.7 Å². The number of piperazine rings is 1. The molecule has 5 nitrogen and oxygen atoms in total. The van der Waals surface area contributed by atoms with Gasteiger partial charge in [0.25, 0.3) is 0 Å². The molecule has 3 aromatic carbocycles. The first-order valence-corrected chi connectivity index (χ1v) is 10.6. The van der Waals surface area contributed by atoms with E-state index in [0.717, 1.165) is 48.3 Å². The average molecular weight is 443 g/mol. The van der Waals surface area contributed by atoms with Crippen LogP contribution in [0, 0.1) is 13.8 Å². The fraction of sp³-hybridized carbons (Fsp3) is 0.360. The number of β-amino-alcohol motifs (C(OH)–C–C–N with tert-alkyl or cyclic N) is 1. The van der Waals surface area contributed by atoms with Gasteiger partial charge in [0.05, 0.1) is 0 Å². The third kappa shape index (κ3) is 5.24. The maximum absolute atomic E-state index is 10.6. The van der Waals surface area contributed by atoms with Crippen molar-refractivity contribution in [2.75, 3.05) is 44.2 Å². The SMILES string of the molecule is Cc1ccccc1N1CCN(CC(O)COc2c(C)cc(O)c3ccccc23)CC1.Cl. The van der Waals surface area contributed by atoms with Gasteiger partial charge in [-0.05, 0) is 37.1 Å². The van der Waals surface area contributed by atoms with E-state index >= 15 is 0 Å². The maximum atomic E-state index is 10.6. The molecule has 0 amide bonds. The molecule has 166 valence electrons. The van der Waals surface area contributed by atoms with Crippen molar-refractivity contribution < 1.29 is 14.9 Å². The molecule has 1 unspecified atom stereocenters. The number of phenols is 1. The molecule has 0 saturated carbocycles. The van der Waals surface area contributed by atoms with Crippen LogP contribution >= 0.6 is 12.4 Å². The molecule has 1 aliphatic heterocycles. The highest BCUT2D eigenvalue weighted by atomic mass is 35.5.